The third-order valence-corrected chi connectivity index (χ3v) is 8.05. The average Bonchev–Trinajstić information content (AvgIpc) is 3.15. The van der Waals surface area contributed by atoms with E-state index in [0.29, 0.717) is 18.1 Å². The number of hydrogen-bond donors (Lipinski definition) is 1. The van der Waals surface area contributed by atoms with E-state index < -0.39 is 16.1 Å². The number of carbonyl (C=O) groups excluding carboxylic acids is 1. The second-order valence-corrected chi connectivity index (χ2v) is 10.0. The van der Waals surface area contributed by atoms with E-state index in [4.69, 9.17) is 0 Å². The number of piperidine rings is 1. The highest BCUT2D eigenvalue weighted by Crippen LogP contribution is 2.29. The van der Waals surface area contributed by atoms with Gasteiger partial charge in [-0.1, -0.05) is 48.9 Å². The first-order valence-electron chi connectivity index (χ1n) is 9.76. The van der Waals surface area contributed by atoms with Crippen LogP contribution in [0.1, 0.15) is 31.7 Å². The van der Waals surface area contributed by atoms with Gasteiger partial charge in [-0.15, -0.1) is 0 Å². The number of nitrogens with one attached hydrogen (secondary N) is 1. The molecule has 8 heteroatoms. The third-order valence-electron chi connectivity index (χ3n) is 5.20. The van der Waals surface area contributed by atoms with Crippen molar-refractivity contribution >= 4 is 42.6 Å². The van der Waals surface area contributed by atoms with Gasteiger partial charge in [0.2, 0.25) is 15.9 Å². The van der Waals surface area contributed by atoms with Gasteiger partial charge in [0, 0.05) is 6.54 Å². The highest BCUT2D eigenvalue weighted by atomic mass is 32.2. The molecule has 1 atom stereocenters. The van der Waals surface area contributed by atoms with E-state index >= 15 is 0 Å². The van der Waals surface area contributed by atoms with Crippen LogP contribution in [0, 0.1) is 0 Å². The van der Waals surface area contributed by atoms with Crippen LogP contribution in [0.4, 0.5) is 5.13 Å². The second-order valence-electron chi connectivity index (χ2n) is 7.10. The Labute approximate surface area is 174 Å². The van der Waals surface area contributed by atoms with Crippen molar-refractivity contribution in [3.05, 3.63) is 54.1 Å². The lowest BCUT2D eigenvalue weighted by Crippen LogP contribution is -2.49. The molecule has 3 aromatic rings. The SMILES string of the molecule is CCc1ccc2nc(NC(=O)C3CCCCN3S(=O)(=O)c3ccccc3)sc2c1. The summed E-state index contributed by atoms with van der Waals surface area (Å²) in [4.78, 5) is 17.7. The summed E-state index contributed by atoms with van der Waals surface area (Å²) in [6, 6.07) is 13.6. The molecule has 1 aliphatic heterocycles. The molecule has 1 amide bonds. The lowest BCUT2D eigenvalue weighted by atomic mass is 10.0. The number of amides is 1. The highest BCUT2D eigenvalue weighted by molar-refractivity contribution is 7.89. The number of nitrogens with zero attached hydrogens (tertiary/aromatic N) is 2. The first-order valence-corrected chi connectivity index (χ1v) is 12.0. The molecule has 6 nitrogen and oxygen atoms in total. The molecule has 1 aromatic heterocycles. The minimum Gasteiger partial charge on any atom is -0.301 e. The van der Waals surface area contributed by atoms with Crippen LogP contribution in [0.5, 0.6) is 0 Å². The zero-order valence-corrected chi connectivity index (χ0v) is 17.8. The average molecular weight is 430 g/mol. The minimum atomic E-state index is -3.73. The molecule has 29 heavy (non-hydrogen) atoms. The smallest absolute Gasteiger partial charge is 0.244 e. The summed E-state index contributed by atoms with van der Waals surface area (Å²) in [5.74, 6) is -0.320. The van der Waals surface area contributed by atoms with Crippen molar-refractivity contribution in [2.45, 2.75) is 43.5 Å². The maximum absolute atomic E-state index is 13.1. The summed E-state index contributed by atoms with van der Waals surface area (Å²) in [5, 5.41) is 3.36. The molecule has 1 unspecified atom stereocenters. The van der Waals surface area contributed by atoms with E-state index in [9.17, 15) is 13.2 Å². The number of fused-ring (bicyclic) bond motifs is 1. The maximum Gasteiger partial charge on any atom is 0.244 e. The number of hydrogen-bond acceptors (Lipinski definition) is 5. The van der Waals surface area contributed by atoms with Crippen molar-refractivity contribution in [2.24, 2.45) is 0 Å². The van der Waals surface area contributed by atoms with Gasteiger partial charge in [0.15, 0.2) is 5.13 Å². The van der Waals surface area contributed by atoms with E-state index in [1.807, 2.05) is 12.1 Å². The molecule has 1 fully saturated rings. The Morgan fingerprint density at radius 1 is 1.21 bits per heavy atom. The fourth-order valence-electron chi connectivity index (χ4n) is 3.61. The third kappa shape index (κ3) is 4.05. The van der Waals surface area contributed by atoms with Crippen molar-refractivity contribution < 1.29 is 13.2 Å². The molecule has 1 N–H and O–H groups in total. The molecule has 2 heterocycles. The summed E-state index contributed by atoms with van der Waals surface area (Å²) in [7, 11) is -3.73. The van der Waals surface area contributed by atoms with E-state index in [2.05, 4.69) is 23.3 Å². The van der Waals surface area contributed by atoms with Crippen LogP contribution in [0.2, 0.25) is 0 Å². The molecular weight excluding hydrogens is 406 g/mol. The Kier molecular flexibility index (Phi) is 5.67. The number of rotatable bonds is 5. The fourth-order valence-corrected chi connectivity index (χ4v) is 6.22. The molecule has 1 saturated heterocycles. The molecule has 0 aliphatic carbocycles. The number of benzene rings is 2. The van der Waals surface area contributed by atoms with E-state index in [1.54, 1.807) is 30.3 Å². The van der Waals surface area contributed by atoms with Crippen LogP contribution in [-0.4, -0.2) is 36.2 Å². The molecule has 0 spiro atoms. The molecule has 0 bridgehead atoms. The topological polar surface area (TPSA) is 79.4 Å². The molecule has 0 saturated carbocycles. The first-order chi connectivity index (χ1) is 14.0. The molecule has 2 aromatic carbocycles. The standard InChI is InChI=1S/C21H23N3O3S2/c1-2-15-11-12-17-19(14-15)28-21(22-17)23-20(25)18-10-6-7-13-24(18)29(26,27)16-8-4-3-5-9-16/h3-5,8-9,11-12,14,18H,2,6-7,10,13H2,1H3,(H,22,23,25). The Bertz CT molecular complexity index is 1130. The predicted octanol–water partition coefficient (Wildman–Crippen LogP) is 4.04. The Morgan fingerprint density at radius 3 is 2.76 bits per heavy atom. The zero-order chi connectivity index (χ0) is 20.4. The number of aromatic nitrogens is 1. The van der Waals surface area contributed by atoms with E-state index in [0.717, 1.165) is 29.5 Å². The molecule has 4 rings (SSSR count). The van der Waals surface area contributed by atoms with Gasteiger partial charge in [-0.05, 0) is 49.1 Å². The first kappa shape index (κ1) is 20.0. The molecular formula is C21H23N3O3S2. The van der Waals surface area contributed by atoms with Crippen molar-refractivity contribution in [2.75, 3.05) is 11.9 Å². The van der Waals surface area contributed by atoms with Gasteiger partial charge in [0.1, 0.15) is 6.04 Å². The van der Waals surface area contributed by atoms with E-state index in [1.165, 1.54) is 21.2 Å². The Hall–Kier alpha value is -2.29. The number of carbonyl (C=O) groups is 1. The molecule has 1 aliphatic rings. The summed E-state index contributed by atoms with van der Waals surface area (Å²) in [5.41, 5.74) is 2.05. The Balaban J connectivity index is 1.58. The van der Waals surface area contributed by atoms with Gasteiger partial charge in [0.05, 0.1) is 15.1 Å². The fraction of sp³-hybridized carbons (Fsp3) is 0.333. The monoisotopic (exact) mass is 429 g/mol. The van der Waals surface area contributed by atoms with E-state index in [-0.39, 0.29) is 10.8 Å². The van der Waals surface area contributed by atoms with Gasteiger partial charge < -0.3 is 5.32 Å². The lowest BCUT2D eigenvalue weighted by Gasteiger charge is -2.33. The van der Waals surface area contributed by atoms with Crippen molar-refractivity contribution in [3.63, 3.8) is 0 Å². The summed E-state index contributed by atoms with van der Waals surface area (Å²) in [6.45, 7) is 2.44. The second kappa shape index (κ2) is 8.22. The lowest BCUT2D eigenvalue weighted by molar-refractivity contribution is -0.120. The summed E-state index contributed by atoms with van der Waals surface area (Å²) in [6.07, 6.45) is 3.00. The summed E-state index contributed by atoms with van der Waals surface area (Å²) >= 11 is 1.41. The van der Waals surface area contributed by atoms with Crippen molar-refractivity contribution in [1.82, 2.24) is 9.29 Å². The quantitative estimate of drug-likeness (QED) is 0.664. The molecule has 152 valence electrons. The minimum absolute atomic E-state index is 0.215. The van der Waals surface area contributed by atoms with Gasteiger partial charge in [-0.25, -0.2) is 13.4 Å². The van der Waals surface area contributed by atoms with Gasteiger partial charge in [-0.2, -0.15) is 4.31 Å². The van der Waals surface area contributed by atoms with Crippen LogP contribution in [0.25, 0.3) is 10.2 Å². The number of thiazole rings is 1. The summed E-state index contributed by atoms with van der Waals surface area (Å²) < 4.78 is 28.5. The van der Waals surface area contributed by atoms with Crippen molar-refractivity contribution in [1.29, 1.82) is 0 Å². The number of sulfonamides is 1. The zero-order valence-electron chi connectivity index (χ0n) is 16.2. The van der Waals surface area contributed by atoms with Gasteiger partial charge in [0.25, 0.3) is 0 Å². The van der Waals surface area contributed by atoms with Crippen molar-refractivity contribution in [3.8, 4) is 0 Å². The normalized spacial score (nSPS) is 18.0. The molecule has 0 radical (unpaired) electrons. The van der Waals surface area contributed by atoms with Crippen LogP contribution in [0.3, 0.4) is 0 Å². The predicted molar refractivity (Wildman–Crippen MR) is 116 cm³/mol. The van der Waals surface area contributed by atoms with Crippen LogP contribution in [0.15, 0.2) is 53.4 Å². The van der Waals surface area contributed by atoms with Gasteiger partial charge >= 0.3 is 0 Å². The maximum atomic E-state index is 13.1. The van der Waals surface area contributed by atoms with Crippen LogP contribution >= 0.6 is 11.3 Å². The van der Waals surface area contributed by atoms with Gasteiger partial charge in [-0.3, -0.25) is 4.79 Å². The number of aryl methyl sites for hydroxylation is 1. The van der Waals surface area contributed by atoms with Crippen LogP contribution in [-0.2, 0) is 21.2 Å². The van der Waals surface area contributed by atoms with Crippen LogP contribution < -0.4 is 5.32 Å². The number of anilines is 1. The Morgan fingerprint density at radius 2 is 2.00 bits per heavy atom. The largest absolute Gasteiger partial charge is 0.301 e. The highest BCUT2D eigenvalue weighted by Gasteiger charge is 2.37.